The number of esters is 1. The minimum atomic E-state index is -0.730. The average molecular weight is 603 g/mol. The molecule has 0 saturated carbocycles. The molecule has 0 radical (unpaired) electrons. The topological polar surface area (TPSA) is 91.4 Å². The van der Waals surface area contributed by atoms with Gasteiger partial charge in [-0.25, -0.2) is 9.59 Å². The summed E-state index contributed by atoms with van der Waals surface area (Å²) in [6.45, 7) is 4.70. The number of nitrogens with zero attached hydrogens (tertiary/aromatic N) is 3. The van der Waals surface area contributed by atoms with Gasteiger partial charge in [-0.05, 0) is 67.4 Å². The lowest BCUT2D eigenvalue weighted by molar-refractivity contribution is -0.139. The molecule has 1 N–H and O–H groups in total. The van der Waals surface area contributed by atoms with Crippen LogP contribution in [0.15, 0.2) is 90.1 Å². The number of carbonyl (C=O) groups excluding carboxylic acids is 3. The zero-order valence-corrected chi connectivity index (χ0v) is 25.0. The predicted octanol–water partition coefficient (Wildman–Crippen LogP) is 5.49. The highest BCUT2D eigenvalue weighted by Crippen LogP contribution is 2.34. The van der Waals surface area contributed by atoms with Gasteiger partial charge in [0.1, 0.15) is 11.5 Å². The molecule has 0 aliphatic carbocycles. The van der Waals surface area contributed by atoms with E-state index in [9.17, 15) is 14.4 Å². The van der Waals surface area contributed by atoms with Crippen molar-refractivity contribution in [3.05, 3.63) is 106 Å². The molecule has 1 saturated heterocycles. The van der Waals surface area contributed by atoms with Crippen molar-refractivity contribution in [3.63, 3.8) is 0 Å². The number of amides is 3. The van der Waals surface area contributed by atoms with Crippen LogP contribution in [0.2, 0.25) is 5.02 Å². The number of hydrogen-bond donors (Lipinski definition) is 1. The molecule has 43 heavy (non-hydrogen) atoms. The zero-order chi connectivity index (χ0) is 30.3. The minimum absolute atomic E-state index is 0.0447. The maximum Gasteiger partial charge on any atom is 0.338 e. The van der Waals surface area contributed by atoms with E-state index in [0.29, 0.717) is 71.6 Å². The summed E-state index contributed by atoms with van der Waals surface area (Å²) in [4.78, 5) is 45.3. The van der Waals surface area contributed by atoms with E-state index in [1.165, 1.54) is 4.90 Å². The number of carbonyl (C=O) groups is 3. The molecule has 0 aromatic heterocycles. The largest absolute Gasteiger partial charge is 0.463 e. The van der Waals surface area contributed by atoms with E-state index in [1.54, 1.807) is 38.2 Å². The third-order valence-electron chi connectivity index (χ3n) is 7.58. The predicted molar refractivity (Wildman–Crippen MR) is 164 cm³/mol. The molecule has 1 unspecified atom stereocenters. The molecule has 0 spiro atoms. The van der Waals surface area contributed by atoms with E-state index in [0.717, 1.165) is 6.42 Å². The van der Waals surface area contributed by atoms with E-state index in [1.807, 2.05) is 59.5 Å². The summed E-state index contributed by atoms with van der Waals surface area (Å²) < 4.78 is 11.5. The van der Waals surface area contributed by atoms with Gasteiger partial charge in [-0.3, -0.25) is 14.6 Å². The lowest BCUT2D eigenvalue weighted by Crippen LogP contribution is -2.49. The molecule has 3 aromatic carbocycles. The number of para-hydroxylation sites is 1. The molecular weight excluding hydrogens is 568 g/mol. The number of likely N-dealkylation sites (N-methyl/N-ethyl adjacent to an activating group) is 1. The summed E-state index contributed by atoms with van der Waals surface area (Å²) in [6, 6.07) is 22.6. The van der Waals surface area contributed by atoms with Gasteiger partial charge < -0.3 is 19.7 Å². The van der Waals surface area contributed by atoms with Crippen molar-refractivity contribution in [3.8, 4) is 11.5 Å². The lowest BCUT2D eigenvalue weighted by atomic mass is 9.94. The standard InChI is InChI=1S/C33H35ClN4O5/c1-3-42-32(40)29-28(22-37-17-8-18-38(20-19-37)31(39)23-13-15-25(34)16-14-23)36(2)33(41)35-30(29)24-9-7-12-27(21-24)43-26-10-5-4-6-11-26/h4-7,9-16,21,30H,3,8,17-20,22H2,1-2H3,(H,35,41). The Labute approximate surface area is 256 Å². The summed E-state index contributed by atoms with van der Waals surface area (Å²) in [6.07, 6.45) is 0.750. The molecule has 2 aliphatic rings. The van der Waals surface area contributed by atoms with Crippen molar-refractivity contribution < 1.29 is 23.9 Å². The molecule has 2 heterocycles. The first-order valence-corrected chi connectivity index (χ1v) is 14.8. The molecular formula is C33H35ClN4O5. The monoisotopic (exact) mass is 602 g/mol. The second kappa shape index (κ2) is 13.8. The molecule has 3 aromatic rings. The van der Waals surface area contributed by atoms with Crippen molar-refractivity contribution >= 4 is 29.5 Å². The van der Waals surface area contributed by atoms with Gasteiger partial charge in [0.2, 0.25) is 0 Å². The van der Waals surface area contributed by atoms with Crippen LogP contribution in [0.4, 0.5) is 4.79 Å². The Balaban J connectivity index is 1.40. The number of benzene rings is 3. The Morgan fingerprint density at radius 1 is 0.930 bits per heavy atom. The van der Waals surface area contributed by atoms with Crippen LogP contribution in [0.1, 0.15) is 35.3 Å². The summed E-state index contributed by atoms with van der Waals surface area (Å²) in [5.74, 6) is 0.730. The molecule has 1 fully saturated rings. The van der Waals surface area contributed by atoms with Gasteiger partial charge in [-0.1, -0.05) is 41.9 Å². The number of rotatable bonds is 8. The van der Waals surface area contributed by atoms with Crippen LogP contribution in [-0.2, 0) is 9.53 Å². The molecule has 1 atom stereocenters. The highest BCUT2D eigenvalue weighted by atomic mass is 35.5. The third kappa shape index (κ3) is 7.18. The van der Waals surface area contributed by atoms with Crippen molar-refractivity contribution in [1.29, 1.82) is 0 Å². The summed E-state index contributed by atoms with van der Waals surface area (Å²) in [7, 11) is 1.66. The van der Waals surface area contributed by atoms with E-state index in [2.05, 4.69) is 10.2 Å². The Morgan fingerprint density at radius 3 is 2.42 bits per heavy atom. The number of nitrogens with one attached hydrogen (secondary N) is 1. The van der Waals surface area contributed by atoms with Gasteiger partial charge in [-0.2, -0.15) is 0 Å². The Morgan fingerprint density at radius 2 is 1.67 bits per heavy atom. The van der Waals surface area contributed by atoms with E-state index >= 15 is 0 Å². The second-order valence-electron chi connectivity index (χ2n) is 10.4. The zero-order valence-electron chi connectivity index (χ0n) is 24.3. The molecule has 5 rings (SSSR count). The maximum absolute atomic E-state index is 13.5. The minimum Gasteiger partial charge on any atom is -0.463 e. The van der Waals surface area contributed by atoms with Gasteiger partial charge in [-0.15, -0.1) is 0 Å². The highest BCUT2D eigenvalue weighted by molar-refractivity contribution is 6.30. The number of ether oxygens (including phenoxy) is 2. The van der Waals surface area contributed by atoms with Crippen molar-refractivity contribution in [2.24, 2.45) is 0 Å². The Bertz CT molecular complexity index is 1490. The smallest absolute Gasteiger partial charge is 0.338 e. The van der Waals surface area contributed by atoms with Crippen LogP contribution in [0.3, 0.4) is 0 Å². The van der Waals surface area contributed by atoms with Crippen LogP contribution in [-0.4, -0.2) is 79.0 Å². The number of halogens is 1. The van der Waals surface area contributed by atoms with Crippen LogP contribution in [0, 0.1) is 0 Å². The summed E-state index contributed by atoms with van der Waals surface area (Å²) >= 11 is 6.00. The Kier molecular flexibility index (Phi) is 9.64. The van der Waals surface area contributed by atoms with Crippen LogP contribution in [0.5, 0.6) is 11.5 Å². The first kappa shape index (κ1) is 30.1. The van der Waals surface area contributed by atoms with Crippen molar-refractivity contribution in [2.45, 2.75) is 19.4 Å². The van der Waals surface area contributed by atoms with Crippen molar-refractivity contribution in [2.75, 3.05) is 46.4 Å². The van der Waals surface area contributed by atoms with Crippen LogP contribution >= 0.6 is 11.6 Å². The molecule has 9 nitrogen and oxygen atoms in total. The lowest BCUT2D eigenvalue weighted by Gasteiger charge is -2.36. The SMILES string of the molecule is CCOC(=O)C1=C(CN2CCCN(C(=O)c3ccc(Cl)cc3)CC2)N(C)C(=O)NC1c1cccc(Oc2ccccc2)c1. The Hall–Kier alpha value is -4.34. The fourth-order valence-corrected chi connectivity index (χ4v) is 5.48. The normalized spacial score (nSPS) is 17.7. The fraction of sp³-hybridized carbons (Fsp3) is 0.303. The van der Waals surface area contributed by atoms with Crippen LogP contribution in [0.25, 0.3) is 0 Å². The molecule has 2 aliphatic heterocycles. The number of hydrogen-bond acceptors (Lipinski definition) is 6. The third-order valence-corrected chi connectivity index (χ3v) is 7.83. The maximum atomic E-state index is 13.5. The van der Waals surface area contributed by atoms with Gasteiger partial charge in [0.25, 0.3) is 5.91 Å². The molecule has 3 amide bonds. The van der Waals surface area contributed by atoms with Gasteiger partial charge >= 0.3 is 12.0 Å². The molecule has 10 heteroatoms. The molecule has 224 valence electrons. The summed E-state index contributed by atoms with van der Waals surface area (Å²) in [5.41, 5.74) is 2.24. The van der Waals surface area contributed by atoms with E-state index < -0.39 is 12.0 Å². The van der Waals surface area contributed by atoms with Gasteiger partial charge in [0, 0.05) is 56.1 Å². The van der Waals surface area contributed by atoms with Gasteiger partial charge in [0.05, 0.1) is 18.2 Å². The summed E-state index contributed by atoms with van der Waals surface area (Å²) in [5, 5.41) is 3.56. The van der Waals surface area contributed by atoms with E-state index in [4.69, 9.17) is 21.1 Å². The van der Waals surface area contributed by atoms with Gasteiger partial charge in [0.15, 0.2) is 0 Å². The van der Waals surface area contributed by atoms with E-state index in [-0.39, 0.29) is 18.5 Å². The van der Waals surface area contributed by atoms with Crippen LogP contribution < -0.4 is 10.1 Å². The average Bonchev–Trinajstić information content (AvgIpc) is 3.25. The number of urea groups is 1. The first-order chi connectivity index (χ1) is 20.8. The quantitative estimate of drug-likeness (QED) is 0.343. The fourth-order valence-electron chi connectivity index (χ4n) is 5.35. The first-order valence-electron chi connectivity index (χ1n) is 14.4. The molecule has 0 bridgehead atoms. The highest BCUT2D eigenvalue weighted by Gasteiger charge is 2.37. The van der Waals surface area contributed by atoms with Crippen molar-refractivity contribution in [1.82, 2.24) is 20.0 Å². The second-order valence-corrected chi connectivity index (χ2v) is 10.9.